The smallest absolute Gasteiger partial charge is 0.402 e. The van der Waals surface area contributed by atoms with E-state index < -0.39 is 12.7 Å². The molecular formula is C2H11F3N2O3. The van der Waals surface area contributed by atoms with E-state index in [1.807, 2.05) is 0 Å². The minimum Gasteiger partial charge on any atom is -0.412 e. The van der Waals surface area contributed by atoms with E-state index >= 15 is 0 Å². The standard InChI is InChI=1S/C2H5F3N2.3H2O/c3-2(4,5)1-7-6;;;/h7H,1,6H2;3*1H2. The molecule has 0 aromatic rings. The maximum atomic E-state index is 10.9. The van der Waals surface area contributed by atoms with Crippen LogP contribution in [0.4, 0.5) is 13.2 Å². The summed E-state index contributed by atoms with van der Waals surface area (Å²) >= 11 is 0. The molecule has 0 aliphatic heterocycles. The van der Waals surface area contributed by atoms with Gasteiger partial charge >= 0.3 is 6.18 Å². The third-order valence-corrected chi connectivity index (χ3v) is 0.303. The van der Waals surface area contributed by atoms with Crippen LogP contribution in [0, 0.1) is 0 Å². The summed E-state index contributed by atoms with van der Waals surface area (Å²) in [6, 6.07) is 0. The van der Waals surface area contributed by atoms with Gasteiger partial charge in [-0.05, 0) is 0 Å². The van der Waals surface area contributed by atoms with Crippen LogP contribution < -0.4 is 11.3 Å². The van der Waals surface area contributed by atoms with E-state index in [4.69, 9.17) is 0 Å². The molecule has 68 valence electrons. The second-order valence-corrected chi connectivity index (χ2v) is 0.996. The van der Waals surface area contributed by atoms with Gasteiger partial charge in [-0.15, -0.1) is 0 Å². The number of halogens is 3. The number of hydrogen-bond donors (Lipinski definition) is 2. The molecular weight excluding hydrogens is 157 g/mol. The lowest BCUT2D eigenvalue weighted by Gasteiger charge is -2.01. The molecule has 0 radical (unpaired) electrons. The number of nitrogens with two attached hydrogens (primary N) is 1. The van der Waals surface area contributed by atoms with Crippen LogP contribution in [0.1, 0.15) is 0 Å². The molecule has 10 heavy (non-hydrogen) atoms. The molecule has 0 fully saturated rings. The predicted octanol–water partition coefficient (Wildman–Crippen LogP) is -2.46. The third kappa shape index (κ3) is 25.6. The van der Waals surface area contributed by atoms with Gasteiger partial charge in [-0.1, -0.05) is 0 Å². The van der Waals surface area contributed by atoms with Crippen LogP contribution in [0.15, 0.2) is 0 Å². The molecule has 0 aliphatic carbocycles. The minimum atomic E-state index is -4.19. The zero-order chi connectivity index (χ0) is 5.91. The first-order valence-electron chi connectivity index (χ1n) is 1.56. The molecule has 5 nitrogen and oxygen atoms in total. The highest BCUT2D eigenvalue weighted by atomic mass is 19.4. The number of hydrazine groups is 1. The molecule has 0 aromatic heterocycles. The molecule has 0 spiro atoms. The summed E-state index contributed by atoms with van der Waals surface area (Å²) in [5, 5.41) is 0. The van der Waals surface area contributed by atoms with Crippen molar-refractivity contribution >= 4 is 0 Å². The molecule has 0 aromatic carbocycles. The SMILES string of the molecule is NNCC(F)(F)F.O.O.O. The number of nitrogens with one attached hydrogen (secondary N) is 1. The van der Waals surface area contributed by atoms with E-state index in [-0.39, 0.29) is 16.4 Å². The molecule has 9 N–H and O–H groups in total. The third-order valence-electron chi connectivity index (χ3n) is 0.303. The van der Waals surface area contributed by atoms with Crippen LogP contribution >= 0.6 is 0 Å². The van der Waals surface area contributed by atoms with E-state index in [1.165, 1.54) is 5.43 Å². The maximum Gasteiger partial charge on any atom is 0.402 e. The highest BCUT2D eigenvalue weighted by Crippen LogP contribution is 2.11. The van der Waals surface area contributed by atoms with Crippen molar-refractivity contribution in [3.8, 4) is 0 Å². The Bertz CT molecular complexity index is 58.2. The average Bonchev–Trinajstić information content (AvgIpc) is 1.30. The molecule has 0 heterocycles. The Kier molecular flexibility index (Phi) is 19.5. The summed E-state index contributed by atoms with van der Waals surface area (Å²) in [5.74, 6) is 4.34. The Morgan fingerprint density at radius 3 is 1.40 bits per heavy atom. The lowest BCUT2D eigenvalue weighted by molar-refractivity contribution is -0.124. The largest absolute Gasteiger partial charge is 0.412 e. The fraction of sp³-hybridized carbons (Fsp3) is 1.00. The fourth-order valence-corrected chi connectivity index (χ4v) is 0.116. The quantitative estimate of drug-likeness (QED) is 0.332. The normalized spacial score (nSPS) is 8.40. The first-order chi connectivity index (χ1) is 3.06. The first kappa shape index (κ1) is 22.6. The van der Waals surface area contributed by atoms with Crippen LogP contribution in [0.2, 0.25) is 0 Å². The van der Waals surface area contributed by atoms with Crippen molar-refractivity contribution in [1.29, 1.82) is 0 Å². The highest BCUT2D eigenvalue weighted by Gasteiger charge is 2.25. The summed E-state index contributed by atoms with van der Waals surface area (Å²) in [6.45, 7) is -1.13. The molecule has 0 rings (SSSR count). The average molecular weight is 168 g/mol. The van der Waals surface area contributed by atoms with Gasteiger partial charge in [0.05, 0.1) is 0 Å². The lowest BCUT2D eigenvalue weighted by atomic mass is 10.7. The van der Waals surface area contributed by atoms with E-state index in [0.29, 0.717) is 0 Å². The zero-order valence-corrected chi connectivity index (χ0v) is 4.92. The molecule has 0 amide bonds. The topological polar surface area (TPSA) is 133 Å². The van der Waals surface area contributed by atoms with E-state index in [9.17, 15) is 13.2 Å². The fourth-order valence-electron chi connectivity index (χ4n) is 0.116. The molecule has 0 unspecified atom stereocenters. The monoisotopic (exact) mass is 168 g/mol. The van der Waals surface area contributed by atoms with Gasteiger partial charge in [0.15, 0.2) is 0 Å². The highest BCUT2D eigenvalue weighted by molar-refractivity contribution is 4.47. The van der Waals surface area contributed by atoms with Crippen LogP contribution in [-0.4, -0.2) is 29.1 Å². The Hall–Kier alpha value is -0.410. The van der Waals surface area contributed by atoms with Gasteiger partial charge < -0.3 is 16.4 Å². The number of alkyl halides is 3. The summed E-state index contributed by atoms with van der Waals surface area (Å²) < 4.78 is 32.7. The van der Waals surface area contributed by atoms with Gasteiger partial charge in [0.25, 0.3) is 0 Å². The predicted molar refractivity (Wildman–Crippen MR) is 29.1 cm³/mol. The van der Waals surface area contributed by atoms with Gasteiger partial charge in [-0.2, -0.15) is 13.2 Å². The molecule has 0 aliphatic rings. The summed E-state index contributed by atoms with van der Waals surface area (Å²) in [5.41, 5.74) is 1.48. The van der Waals surface area contributed by atoms with Crippen molar-refractivity contribution < 1.29 is 29.6 Å². The van der Waals surface area contributed by atoms with Gasteiger partial charge in [0.2, 0.25) is 0 Å². The Morgan fingerprint density at radius 2 is 1.40 bits per heavy atom. The van der Waals surface area contributed by atoms with Crippen LogP contribution in [0.5, 0.6) is 0 Å². The van der Waals surface area contributed by atoms with Crippen molar-refractivity contribution in [3.63, 3.8) is 0 Å². The van der Waals surface area contributed by atoms with Gasteiger partial charge in [0.1, 0.15) is 6.54 Å². The Labute approximate surface area is 54.9 Å². The van der Waals surface area contributed by atoms with Crippen LogP contribution in [0.3, 0.4) is 0 Å². The van der Waals surface area contributed by atoms with Gasteiger partial charge in [-0.3, -0.25) is 11.3 Å². The van der Waals surface area contributed by atoms with Crippen LogP contribution in [-0.2, 0) is 0 Å². The molecule has 0 bridgehead atoms. The molecule has 0 saturated carbocycles. The lowest BCUT2D eigenvalue weighted by Crippen LogP contribution is -2.33. The second kappa shape index (κ2) is 8.59. The van der Waals surface area contributed by atoms with Gasteiger partial charge in [0, 0.05) is 0 Å². The summed E-state index contributed by atoms with van der Waals surface area (Å²) in [4.78, 5) is 0. The molecule has 0 atom stereocenters. The summed E-state index contributed by atoms with van der Waals surface area (Å²) in [7, 11) is 0. The zero-order valence-electron chi connectivity index (χ0n) is 4.92. The van der Waals surface area contributed by atoms with Crippen molar-refractivity contribution in [2.45, 2.75) is 6.18 Å². The molecule has 8 heteroatoms. The molecule has 0 saturated heterocycles. The minimum absolute atomic E-state index is 0. The maximum absolute atomic E-state index is 10.9. The van der Waals surface area contributed by atoms with Crippen molar-refractivity contribution in [2.24, 2.45) is 5.84 Å². The van der Waals surface area contributed by atoms with Gasteiger partial charge in [-0.25, -0.2) is 0 Å². The Balaban J connectivity index is -0.0000000600. The first-order valence-corrected chi connectivity index (χ1v) is 1.56. The number of hydrogen-bond acceptors (Lipinski definition) is 2. The Morgan fingerprint density at radius 1 is 1.10 bits per heavy atom. The van der Waals surface area contributed by atoms with E-state index in [2.05, 4.69) is 5.84 Å². The van der Waals surface area contributed by atoms with E-state index in [1.54, 1.807) is 0 Å². The van der Waals surface area contributed by atoms with Crippen molar-refractivity contribution in [3.05, 3.63) is 0 Å². The van der Waals surface area contributed by atoms with Crippen LogP contribution in [0.25, 0.3) is 0 Å². The number of rotatable bonds is 1. The van der Waals surface area contributed by atoms with E-state index in [0.717, 1.165) is 0 Å². The second-order valence-electron chi connectivity index (χ2n) is 0.996. The summed E-state index contributed by atoms with van der Waals surface area (Å²) in [6.07, 6.45) is -4.19. The van der Waals surface area contributed by atoms with Crippen molar-refractivity contribution in [2.75, 3.05) is 6.54 Å². The van der Waals surface area contributed by atoms with Crippen molar-refractivity contribution in [1.82, 2.24) is 5.43 Å².